The van der Waals surface area contributed by atoms with E-state index in [0.29, 0.717) is 12.0 Å². The summed E-state index contributed by atoms with van der Waals surface area (Å²) in [5.41, 5.74) is 0.525. The van der Waals surface area contributed by atoms with E-state index in [9.17, 15) is 63.2 Å². The molecule has 3 rings (SSSR count). The van der Waals surface area contributed by atoms with Crippen molar-refractivity contribution in [2.75, 3.05) is 33.5 Å². The Kier molecular flexibility index (Phi) is 23.4. The van der Waals surface area contributed by atoms with E-state index in [0.717, 1.165) is 35.5 Å². The Morgan fingerprint density at radius 2 is 1.32 bits per heavy atom. The molecule has 0 radical (unpaired) electrons. The summed E-state index contributed by atoms with van der Waals surface area (Å²) >= 11 is 0. The molecule has 5 atom stereocenters. The molecule has 21 heteroatoms. The highest BCUT2D eigenvalue weighted by atomic mass is 31.2. The van der Waals surface area contributed by atoms with Crippen LogP contribution < -0.4 is 26.6 Å². The van der Waals surface area contributed by atoms with Gasteiger partial charge in [-0.05, 0) is 55.7 Å². The van der Waals surface area contributed by atoms with Gasteiger partial charge in [-0.3, -0.25) is 38.1 Å². The van der Waals surface area contributed by atoms with Crippen LogP contribution in [0.5, 0.6) is 11.5 Å². The van der Waals surface area contributed by atoms with Gasteiger partial charge in [0.05, 0.1) is 13.2 Å². The number of benzene rings is 2. The average Bonchev–Trinajstić information content (AvgIpc) is 3.29. The SMILES string of the molecule is CCCCCCCCCCCCCCCC(=O)N(C)[C@H](CO)C(=O)N[C@H](C)C(=O)NCC(=O)N(C)[C@@H]1C(=O)N[C@@H](C)C(=O)N[C@H](C(=O)NCP(=O)(O)O)Cc2ccc(O)c(c2)-c2cc1ccc2O. The van der Waals surface area contributed by atoms with E-state index >= 15 is 0 Å². The van der Waals surface area contributed by atoms with E-state index in [4.69, 9.17) is 0 Å². The number of hydrogen-bond acceptors (Lipinski definition) is 11. The molecule has 0 fully saturated rings. The van der Waals surface area contributed by atoms with Gasteiger partial charge in [0.25, 0.3) is 0 Å². The number of aromatic hydroxyl groups is 2. The maximum atomic E-state index is 14.0. The van der Waals surface area contributed by atoms with Crippen LogP contribution in [0, 0.1) is 0 Å². The molecule has 4 bridgehead atoms. The van der Waals surface area contributed by atoms with Gasteiger partial charge in [-0.25, -0.2) is 0 Å². The van der Waals surface area contributed by atoms with Gasteiger partial charge in [-0.1, -0.05) is 96.1 Å². The van der Waals surface area contributed by atoms with Crippen LogP contribution in [0.25, 0.3) is 11.1 Å². The summed E-state index contributed by atoms with van der Waals surface area (Å²) in [6.07, 6.45) is 13.9. The Hall–Kier alpha value is -5.56. The second-order valence-electron chi connectivity index (χ2n) is 17.5. The molecule has 0 saturated heterocycles. The number of nitrogens with one attached hydrogen (secondary N) is 5. The van der Waals surface area contributed by atoms with Crippen molar-refractivity contribution in [2.24, 2.45) is 0 Å². The molecule has 10 N–H and O–H groups in total. The lowest BCUT2D eigenvalue weighted by Gasteiger charge is -2.30. The number of likely N-dealkylation sites (N-methyl/N-ethyl adjacent to an activating group) is 2. The van der Waals surface area contributed by atoms with Gasteiger partial charge in [0, 0.05) is 38.1 Å². The zero-order chi connectivity index (χ0) is 50.6. The molecule has 0 aromatic heterocycles. The number of unbranched alkanes of at least 4 members (excludes halogenated alkanes) is 12. The Morgan fingerprint density at radius 3 is 1.90 bits per heavy atom. The second kappa shape index (κ2) is 28.1. The monoisotopic (exact) mass is 973 g/mol. The zero-order valence-corrected chi connectivity index (χ0v) is 40.8. The van der Waals surface area contributed by atoms with Gasteiger partial charge in [-0.15, -0.1) is 0 Å². The summed E-state index contributed by atoms with van der Waals surface area (Å²) < 4.78 is 11.5. The normalized spacial score (nSPS) is 17.1. The minimum atomic E-state index is -4.69. The predicted molar refractivity (Wildman–Crippen MR) is 254 cm³/mol. The number of rotatable bonds is 25. The molecule has 2 aromatic carbocycles. The summed E-state index contributed by atoms with van der Waals surface area (Å²) in [4.78, 5) is 114. The molecule has 68 heavy (non-hydrogen) atoms. The zero-order valence-electron chi connectivity index (χ0n) is 39.9. The maximum absolute atomic E-state index is 14.0. The third-order valence-electron chi connectivity index (χ3n) is 12.0. The van der Waals surface area contributed by atoms with E-state index in [-0.39, 0.29) is 46.9 Å². The molecule has 7 amide bonds. The number of aliphatic hydroxyl groups excluding tert-OH is 1. The molecule has 0 unspecified atom stereocenters. The first-order chi connectivity index (χ1) is 32.2. The van der Waals surface area contributed by atoms with Gasteiger partial charge in [0.15, 0.2) is 0 Å². The molecule has 1 aliphatic rings. The van der Waals surface area contributed by atoms with E-state index < -0.39 is 92.7 Å². The number of nitrogens with zero attached hydrogens (tertiary/aromatic N) is 2. The van der Waals surface area contributed by atoms with Crippen LogP contribution in [-0.4, -0.2) is 134 Å². The van der Waals surface area contributed by atoms with Crippen LogP contribution in [0.4, 0.5) is 0 Å². The van der Waals surface area contributed by atoms with Crippen LogP contribution in [0.3, 0.4) is 0 Å². The molecule has 1 aliphatic heterocycles. The minimum absolute atomic E-state index is 0.0168. The fourth-order valence-corrected chi connectivity index (χ4v) is 8.17. The van der Waals surface area contributed by atoms with E-state index in [1.54, 1.807) is 0 Å². The van der Waals surface area contributed by atoms with Crippen molar-refractivity contribution < 1.29 is 63.2 Å². The van der Waals surface area contributed by atoms with E-state index in [1.807, 2.05) is 0 Å². The molecule has 2 aromatic rings. The first-order valence-corrected chi connectivity index (χ1v) is 25.3. The lowest BCUT2D eigenvalue weighted by atomic mass is 9.93. The number of phenols is 2. The summed E-state index contributed by atoms with van der Waals surface area (Å²) in [5.74, 6) is -6.15. The highest BCUT2D eigenvalue weighted by Gasteiger charge is 2.34. The molecule has 1 heterocycles. The van der Waals surface area contributed by atoms with Crippen molar-refractivity contribution >= 4 is 48.9 Å². The van der Waals surface area contributed by atoms with Crippen molar-refractivity contribution in [3.05, 3.63) is 47.5 Å². The Labute approximate surface area is 398 Å². The van der Waals surface area contributed by atoms with Crippen molar-refractivity contribution in [1.82, 2.24) is 36.4 Å². The fourth-order valence-electron chi connectivity index (χ4n) is 7.80. The molecular weight excluding hydrogens is 902 g/mol. The Bertz CT molecular complexity index is 2100. The summed E-state index contributed by atoms with van der Waals surface area (Å²) in [6, 6.07) is 1.23. The summed E-state index contributed by atoms with van der Waals surface area (Å²) in [5, 5.41) is 43.8. The minimum Gasteiger partial charge on any atom is -0.507 e. The summed E-state index contributed by atoms with van der Waals surface area (Å²) in [7, 11) is -2.03. The fraction of sp³-hybridized carbons (Fsp3) is 0.596. The van der Waals surface area contributed by atoms with Gasteiger partial charge in [0.2, 0.25) is 41.4 Å². The standard InChI is InChI=1S/C47H72N7O13P/c1-6-7-8-9-10-11-12-13-14-15-16-17-18-19-40(58)53(4)37(28-55)46(63)50-30(2)43(60)48-27-41(59)54(5)42-33-21-23-39(57)35(26-33)34-24-32(20-22-38(34)56)25-36(45(62)49-29-68(65,66)67)52-44(61)31(3)51-47(42)64/h20-24,26,30-31,36-37,42,55-57H,6-19,25,27-29H2,1-5H3,(H,48,60)(H,49,62)(H,50,63)(H,51,64)(H,52,61)(H2,65,66,67)/t30-,31+,36+,37-,42+/m1/s1. The van der Waals surface area contributed by atoms with Crippen molar-refractivity contribution in [3.8, 4) is 22.6 Å². The Balaban J connectivity index is 1.65. The van der Waals surface area contributed by atoms with Crippen LogP contribution in [0.15, 0.2) is 36.4 Å². The lowest BCUT2D eigenvalue weighted by Crippen LogP contribution is -2.56. The average molecular weight is 974 g/mol. The summed E-state index contributed by atoms with van der Waals surface area (Å²) in [6.45, 7) is 3.47. The number of carbonyl (C=O) groups is 7. The van der Waals surface area contributed by atoms with E-state index in [1.165, 1.54) is 116 Å². The number of carbonyl (C=O) groups excluding carboxylic acids is 7. The van der Waals surface area contributed by atoms with Crippen molar-refractivity contribution in [2.45, 2.75) is 147 Å². The maximum Gasteiger partial charge on any atom is 0.344 e. The third-order valence-corrected chi connectivity index (χ3v) is 12.6. The highest BCUT2D eigenvalue weighted by Crippen LogP contribution is 2.39. The molecule has 0 spiro atoms. The van der Waals surface area contributed by atoms with Gasteiger partial charge >= 0.3 is 7.60 Å². The lowest BCUT2D eigenvalue weighted by molar-refractivity contribution is -0.142. The predicted octanol–water partition coefficient (Wildman–Crippen LogP) is 2.98. The smallest absolute Gasteiger partial charge is 0.344 e. The van der Waals surface area contributed by atoms with Crippen LogP contribution in [0.1, 0.15) is 128 Å². The molecule has 20 nitrogen and oxygen atoms in total. The molecular formula is C47H72N7O13P. The Morgan fingerprint density at radius 1 is 0.765 bits per heavy atom. The first-order valence-electron chi connectivity index (χ1n) is 23.5. The molecule has 378 valence electrons. The van der Waals surface area contributed by atoms with E-state index in [2.05, 4.69) is 33.5 Å². The quantitative estimate of drug-likeness (QED) is 0.0506. The van der Waals surface area contributed by atoms with Gasteiger partial charge in [-0.2, -0.15) is 0 Å². The van der Waals surface area contributed by atoms with Crippen LogP contribution >= 0.6 is 7.60 Å². The van der Waals surface area contributed by atoms with Crippen molar-refractivity contribution in [3.63, 3.8) is 0 Å². The van der Waals surface area contributed by atoms with Crippen molar-refractivity contribution in [1.29, 1.82) is 0 Å². The first kappa shape index (κ1) is 56.8. The second-order valence-corrected chi connectivity index (χ2v) is 19.2. The number of hydrogen-bond donors (Lipinski definition) is 10. The van der Waals surface area contributed by atoms with Gasteiger partial charge in [0.1, 0.15) is 48.0 Å². The highest BCUT2D eigenvalue weighted by molar-refractivity contribution is 7.51. The number of phenolic OH excluding ortho intramolecular Hbond substituents is 2. The topological polar surface area (TPSA) is 304 Å². The molecule has 0 saturated carbocycles. The number of aliphatic hydroxyl groups is 1. The largest absolute Gasteiger partial charge is 0.507 e. The molecule has 0 aliphatic carbocycles. The van der Waals surface area contributed by atoms with Crippen LogP contribution in [-0.2, 0) is 44.5 Å². The van der Waals surface area contributed by atoms with Gasteiger partial charge < -0.3 is 61.5 Å². The third kappa shape index (κ3) is 18.2. The van der Waals surface area contributed by atoms with Crippen LogP contribution in [0.2, 0.25) is 0 Å². The number of fused-ring (bicyclic) bond motifs is 5. The number of amides is 7.